The molecular weight excluding hydrogens is 315 g/mol. The van der Waals surface area contributed by atoms with E-state index in [1.807, 2.05) is 0 Å². The van der Waals surface area contributed by atoms with Gasteiger partial charge in [-0.25, -0.2) is 9.78 Å². The van der Waals surface area contributed by atoms with Crippen LogP contribution in [-0.2, 0) is 10.9 Å². The number of carbonyl (C=O) groups is 1. The quantitative estimate of drug-likeness (QED) is 0.487. The minimum atomic E-state index is -5.52. The Labute approximate surface area is 112 Å². The van der Waals surface area contributed by atoms with E-state index in [2.05, 4.69) is 14.5 Å². The van der Waals surface area contributed by atoms with Gasteiger partial charge < -0.3 is 9.47 Å². The van der Waals surface area contributed by atoms with Gasteiger partial charge in [0.2, 0.25) is 0 Å². The van der Waals surface area contributed by atoms with E-state index in [9.17, 15) is 35.5 Å². The van der Waals surface area contributed by atoms with Gasteiger partial charge in [-0.3, -0.25) is 0 Å². The van der Waals surface area contributed by atoms with E-state index < -0.39 is 47.9 Å². The van der Waals surface area contributed by atoms with Gasteiger partial charge in [-0.15, -0.1) is 13.2 Å². The van der Waals surface area contributed by atoms with Crippen molar-refractivity contribution in [2.24, 2.45) is 0 Å². The molecule has 0 N–H and O–H groups in total. The number of aromatic nitrogens is 1. The number of carbonyl (C=O) groups excluding carboxylic acids is 1. The first-order valence-electron chi connectivity index (χ1n) is 5.16. The predicted octanol–water partition coefficient (Wildman–Crippen LogP) is 3.31. The summed E-state index contributed by atoms with van der Waals surface area (Å²) in [6.07, 6.45) is -10.9. The molecule has 0 bridgehead atoms. The summed E-state index contributed by atoms with van der Waals surface area (Å²) in [6, 6.07) is 0. The lowest BCUT2D eigenvalue weighted by Crippen LogP contribution is -2.24. The van der Waals surface area contributed by atoms with Crippen LogP contribution in [0, 0.1) is 5.95 Å². The standard InChI is InChI=1S/C10H6F7NO3/c1-2-20-8(19)5-4(9(12,13)14)3-18-7(11)6(5)21-10(15,16)17/h3H,2H2,1H3. The third kappa shape index (κ3) is 4.20. The lowest BCUT2D eigenvalue weighted by molar-refractivity contribution is -0.276. The highest BCUT2D eigenvalue weighted by molar-refractivity contribution is 5.94. The molecule has 0 saturated heterocycles. The predicted molar refractivity (Wildman–Crippen MR) is 51.8 cm³/mol. The zero-order valence-electron chi connectivity index (χ0n) is 10.1. The molecule has 118 valence electrons. The molecule has 11 heteroatoms. The minimum Gasteiger partial charge on any atom is -0.462 e. The molecule has 0 amide bonds. The second kappa shape index (κ2) is 5.74. The number of hydrogen-bond donors (Lipinski definition) is 0. The number of alkyl halides is 6. The molecule has 0 saturated carbocycles. The maximum atomic E-state index is 13.2. The van der Waals surface area contributed by atoms with E-state index >= 15 is 0 Å². The molecule has 0 atom stereocenters. The highest BCUT2D eigenvalue weighted by atomic mass is 19.4. The Bertz CT molecular complexity index is 539. The number of hydrogen-bond acceptors (Lipinski definition) is 4. The van der Waals surface area contributed by atoms with Gasteiger partial charge >= 0.3 is 18.5 Å². The molecular formula is C10H6F7NO3. The molecule has 0 aromatic carbocycles. The SMILES string of the molecule is CCOC(=O)c1c(C(F)(F)F)cnc(F)c1OC(F)(F)F. The second-order valence-corrected chi connectivity index (χ2v) is 3.43. The van der Waals surface area contributed by atoms with Crippen molar-refractivity contribution in [2.45, 2.75) is 19.5 Å². The molecule has 1 heterocycles. The Morgan fingerprint density at radius 2 is 1.81 bits per heavy atom. The zero-order chi connectivity index (χ0) is 16.4. The smallest absolute Gasteiger partial charge is 0.462 e. The average Bonchev–Trinajstić information content (AvgIpc) is 2.28. The van der Waals surface area contributed by atoms with Crippen LogP contribution >= 0.6 is 0 Å². The molecule has 1 rings (SSSR count). The van der Waals surface area contributed by atoms with Crippen molar-refractivity contribution in [3.8, 4) is 5.75 Å². The molecule has 0 fully saturated rings. The van der Waals surface area contributed by atoms with E-state index in [0.717, 1.165) is 0 Å². The van der Waals surface area contributed by atoms with Crippen molar-refractivity contribution in [1.82, 2.24) is 4.98 Å². The van der Waals surface area contributed by atoms with Crippen LogP contribution in [0.5, 0.6) is 5.75 Å². The van der Waals surface area contributed by atoms with Crippen molar-refractivity contribution < 1.29 is 45.0 Å². The van der Waals surface area contributed by atoms with Gasteiger partial charge in [0.25, 0.3) is 5.95 Å². The Balaban J connectivity index is 3.56. The van der Waals surface area contributed by atoms with E-state index in [1.54, 1.807) is 0 Å². The number of ether oxygens (including phenoxy) is 2. The Hall–Kier alpha value is -2.07. The molecule has 0 aliphatic heterocycles. The van der Waals surface area contributed by atoms with Gasteiger partial charge in [0.05, 0.1) is 12.2 Å². The van der Waals surface area contributed by atoms with Gasteiger partial charge in [0.15, 0.2) is 5.75 Å². The average molecular weight is 321 g/mol. The summed E-state index contributed by atoms with van der Waals surface area (Å²) in [5.41, 5.74) is -3.63. The Morgan fingerprint density at radius 3 is 2.24 bits per heavy atom. The third-order valence-corrected chi connectivity index (χ3v) is 1.99. The van der Waals surface area contributed by atoms with E-state index in [4.69, 9.17) is 0 Å². The fraction of sp³-hybridized carbons (Fsp3) is 0.400. The lowest BCUT2D eigenvalue weighted by atomic mass is 10.1. The highest BCUT2D eigenvalue weighted by Crippen LogP contribution is 2.38. The molecule has 0 radical (unpaired) electrons. The fourth-order valence-electron chi connectivity index (χ4n) is 1.30. The summed E-state index contributed by atoms with van der Waals surface area (Å²) >= 11 is 0. The summed E-state index contributed by atoms with van der Waals surface area (Å²) in [5, 5.41) is 0. The summed E-state index contributed by atoms with van der Waals surface area (Å²) in [7, 11) is 0. The topological polar surface area (TPSA) is 48.4 Å². The summed E-state index contributed by atoms with van der Waals surface area (Å²) in [6.45, 7) is 0.762. The summed E-state index contributed by atoms with van der Waals surface area (Å²) < 4.78 is 95.0. The first-order chi connectivity index (χ1) is 9.47. The molecule has 21 heavy (non-hydrogen) atoms. The first kappa shape index (κ1) is 17.0. The van der Waals surface area contributed by atoms with Crippen LogP contribution in [0.4, 0.5) is 30.7 Å². The van der Waals surface area contributed by atoms with Crippen molar-refractivity contribution in [2.75, 3.05) is 6.61 Å². The molecule has 0 spiro atoms. The van der Waals surface area contributed by atoms with E-state index in [0.29, 0.717) is 0 Å². The van der Waals surface area contributed by atoms with E-state index in [1.165, 1.54) is 6.92 Å². The van der Waals surface area contributed by atoms with Gasteiger partial charge in [-0.1, -0.05) is 0 Å². The molecule has 1 aromatic rings. The Morgan fingerprint density at radius 1 is 1.24 bits per heavy atom. The first-order valence-corrected chi connectivity index (χ1v) is 5.16. The number of pyridine rings is 1. The summed E-state index contributed by atoms with van der Waals surface area (Å²) in [4.78, 5) is 13.9. The van der Waals surface area contributed by atoms with Gasteiger partial charge in [0, 0.05) is 6.20 Å². The molecule has 4 nitrogen and oxygen atoms in total. The lowest BCUT2D eigenvalue weighted by Gasteiger charge is -2.17. The van der Waals surface area contributed by atoms with Crippen LogP contribution < -0.4 is 4.74 Å². The van der Waals surface area contributed by atoms with Crippen LogP contribution in [0.25, 0.3) is 0 Å². The normalized spacial score (nSPS) is 12.2. The van der Waals surface area contributed by atoms with Crippen molar-refractivity contribution in [3.63, 3.8) is 0 Å². The van der Waals surface area contributed by atoms with Crippen molar-refractivity contribution in [1.29, 1.82) is 0 Å². The fourth-order valence-corrected chi connectivity index (χ4v) is 1.30. The third-order valence-electron chi connectivity index (χ3n) is 1.99. The molecule has 0 aliphatic carbocycles. The van der Waals surface area contributed by atoms with Gasteiger partial charge in [-0.05, 0) is 6.92 Å². The minimum absolute atomic E-state index is 0.120. The van der Waals surface area contributed by atoms with Gasteiger partial charge in [-0.2, -0.15) is 17.6 Å². The van der Waals surface area contributed by atoms with Crippen LogP contribution in [0.2, 0.25) is 0 Å². The maximum absolute atomic E-state index is 13.2. The molecule has 1 aromatic heterocycles. The second-order valence-electron chi connectivity index (χ2n) is 3.43. The monoisotopic (exact) mass is 321 g/mol. The number of nitrogens with zero attached hydrogens (tertiary/aromatic N) is 1. The number of esters is 1. The van der Waals surface area contributed by atoms with E-state index in [-0.39, 0.29) is 6.20 Å². The Kier molecular flexibility index (Phi) is 4.64. The maximum Gasteiger partial charge on any atom is 0.573 e. The van der Waals surface area contributed by atoms with Crippen LogP contribution in [0.15, 0.2) is 6.20 Å². The molecule has 0 aliphatic rings. The number of rotatable bonds is 3. The summed E-state index contributed by atoms with van der Waals surface area (Å²) in [5.74, 6) is -5.83. The van der Waals surface area contributed by atoms with Crippen LogP contribution in [0.3, 0.4) is 0 Å². The number of halogens is 7. The zero-order valence-corrected chi connectivity index (χ0v) is 10.1. The molecule has 0 unspecified atom stereocenters. The highest BCUT2D eigenvalue weighted by Gasteiger charge is 2.42. The van der Waals surface area contributed by atoms with Gasteiger partial charge in [0.1, 0.15) is 5.56 Å². The largest absolute Gasteiger partial charge is 0.573 e. The van der Waals surface area contributed by atoms with Crippen molar-refractivity contribution >= 4 is 5.97 Å². The van der Waals surface area contributed by atoms with Crippen LogP contribution in [0.1, 0.15) is 22.8 Å². The van der Waals surface area contributed by atoms with Crippen molar-refractivity contribution in [3.05, 3.63) is 23.3 Å². The van der Waals surface area contributed by atoms with Crippen LogP contribution in [-0.4, -0.2) is 23.9 Å².